The highest BCUT2D eigenvalue weighted by Crippen LogP contribution is 2.32. The smallest absolute Gasteiger partial charge is 0.237 e. The van der Waals surface area contributed by atoms with Crippen molar-refractivity contribution in [3.63, 3.8) is 0 Å². The summed E-state index contributed by atoms with van der Waals surface area (Å²) in [6.45, 7) is 9.46. The van der Waals surface area contributed by atoms with Crippen LogP contribution in [0.5, 0.6) is 5.75 Å². The first-order valence-corrected chi connectivity index (χ1v) is 12.1. The first-order valence-electron chi connectivity index (χ1n) is 11.2. The fraction of sp³-hybridized carbons (Fsp3) is 0.320. The van der Waals surface area contributed by atoms with Gasteiger partial charge in [-0.1, -0.05) is 30.0 Å². The van der Waals surface area contributed by atoms with Crippen LogP contribution in [0.15, 0.2) is 66.3 Å². The molecule has 2 aromatic carbocycles. The number of carbonyl (C=O) groups is 1. The Morgan fingerprint density at radius 3 is 2.65 bits per heavy atom. The van der Waals surface area contributed by atoms with Gasteiger partial charge >= 0.3 is 0 Å². The molecule has 4 rings (SSSR count). The minimum atomic E-state index is -0.378. The first-order chi connectivity index (χ1) is 16.6. The van der Waals surface area contributed by atoms with Crippen molar-refractivity contribution in [1.82, 2.24) is 14.8 Å². The highest BCUT2D eigenvalue weighted by molar-refractivity contribution is 8.00. The van der Waals surface area contributed by atoms with Gasteiger partial charge in [-0.3, -0.25) is 9.36 Å². The average molecular weight is 480 g/mol. The lowest BCUT2D eigenvalue weighted by atomic mass is 10.2. The van der Waals surface area contributed by atoms with E-state index < -0.39 is 0 Å². The number of nitrogens with zero attached hydrogens (tertiary/aromatic N) is 4. The quantitative estimate of drug-likeness (QED) is 0.366. The maximum Gasteiger partial charge on any atom is 0.237 e. The molecule has 0 saturated carbocycles. The lowest BCUT2D eigenvalue weighted by molar-refractivity contribution is -0.115. The summed E-state index contributed by atoms with van der Waals surface area (Å²) >= 11 is 1.36. The highest BCUT2D eigenvalue weighted by Gasteiger charge is 2.22. The van der Waals surface area contributed by atoms with Crippen LogP contribution < -0.4 is 15.0 Å². The summed E-state index contributed by atoms with van der Waals surface area (Å²) in [5, 5.41) is 12.0. The molecule has 1 saturated heterocycles. The zero-order valence-electron chi connectivity index (χ0n) is 19.4. The molecule has 0 radical (unpaired) electrons. The molecule has 1 atom stereocenters. The predicted octanol–water partition coefficient (Wildman–Crippen LogP) is 4.10. The molecule has 1 aromatic heterocycles. The minimum Gasteiger partial charge on any atom is -0.496 e. The first kappa shape index (κ1) is 23.8. The highest BCUT2D eigenvalue weighted by atomic mass is 32.2. The van der Waals surface area contributed by atoms with Crippen molar-refractivity contribution in [1.29, 1.82) is 0 Å². The zero-order chi connectivity index (χ0) is 23.9. The molecule has 178 valence electrons. The number of thioether (sulfide) groups is 1. The molecule has 1 aliphatic heterocycles. The molecule has 1 aliphatic rings. The van der Waals surface area contributed by atoms with Gasteiger partial charge in [0.05, 0.1) is 31.1 Å². The van der Waals surface area contributed by atoms with Gasteiger partial charge in [-0.15, -0.1) is 16.8 Å². The lowest BCUT2D eigenvalue weighted by Crippen LogP contribution is -2.36. The van der Waals surface area contributed by atoms with Gasteiger partial charge in [-0.2, -0.15) is 0 Å². The Bertz CT molecular complexity index is 1130. The lowest BCUT2D eigenvalue weighted by Gasteiger charge is -2.28. The summed E-state index contributed by atoms with van der Waals surface area (Å²) in [5.74, 6) is 1.28. The third-order valence-electron chi connectivity index (χ3n) is 5.54. The number of amides is 1. The summed E-state index contributed by atoms with van der Waals surface area (Å²) < 4.78 is 12.8. The Morgan fingerprint density at radius 2 is 1.94 bits per heavy atom. The van der Waals surface area contributed by atoms with Crippen LogP contribution in [-0.2, 0) is 16.1 Å². The molecule has 3 aromatic rings. The Morgan fingerprint density at radius 1 is 1.21 bits per heavy atom. The maximum absolute atomic E-state index is 12.9. The Hall–Kier alpha value is -3.30. The summed E-state index contributed by atoms with van der Waals surface area (Å²) in [6.07, 6.45) is 1.78. The number of allylic oxidation sites excluding steroid dienone is 1. The van der Waals surface area contributed by atoms with Gasteiger partial charge in [0, 0.05) is 31.0 Å². The van der Waals surface area contributed by atoms with E-state index >= 15 is 0 Å². The Labute approximate surface area is 204 Å². The molecule has 0 spiro atoms. The topological polar surface area (TPSA) is 81.5 Å². The molecule has 0 unspecified atom stereocenters. The predicted molar refractivity (Wildman–Crippen MR) is 136 cm³/mol. The van der Waals surface area contributed by atoms with Gasteiger partial charge in [-0.25, -0.2) is 0 Å². The van der Waals surface area contributed by atoms with Crippen LogP contribution in [0.4, 0.5) is 11.4 Å². The standard InChI is InChI=1S/C25H29N5O3S/c1-4-13-30-23(21-7-5-6-8-22(21)32-3)27-28-25(30)34-18(2)24(31)26-19-9-11-20(12-10-19)29-14-16-33-17-15-29/h4-12,18H,1,13-17H2,2-3H3,(H,26,31)/t18-/m0/s1. The SMILES string of the molecule is C=CCn1c(S[C@@H](C)C(=O)Nc2ccc(N3CCOCC3)cc2)nnc1-c1ccccc1OC. The molecule has 1 amide bonds. The summed E-state index contributed by atoms with van der Waals surface area (Å²) in [4.78, 5) is 15.2. The van der Waals surface area contributed by atoms with Crippen LogP contribution in [-0.4, -0.2) is 59.3 Å². The fourth-order valence-corrected chi connectivity index (χ4v) is 4.59. The van der Waals surface area contributed by atoms with Gasteiger partial charge in [0.2, 0.25) is 5.91 Å². The Kier molecular flexibility index (Phi) is 7.87. The molecule has 8 nitrogen and oxygen atoms in total. The van der Waals surface area contributed by atoms with E-state index in [-0.39, 0.29) is 11.2 Å². The number of para-hydroxylation sites is 1. The van der Waals surface area contributed by atoms with E-state index in [4.69, 9.17) is 9.47 Å². The minimum absolute atomic E-state index is 0.101. The molecule has 0 aliphatic carbocycles. The van der Waals surface area contributed by atoms with Crippen molar-refractivity contribution in [2.45, 2.75) is 23.9 Å². The van der Waals surface area contributed by atoms with Crippen molar-refractivity contribution in [3.8, 4) is 17.1 Å². The van der Waals surface area contributed by atoms with Crippen molar-refractivity contribution < 1.29 is 14.3 Å². The monoisotopic (exact) mass is 479 g/mol. The van der Waals surface area contributed by atoms with Crippen LogP contribution in [0.25, 0.3) is 11.4 Å². The molecule has 9 heteroatoms. The second-order valence-corrected chi connectivity index (χ2v) is 9.11. The van der Waals surface area contributed by atoms with E-state index in [9.17, 15) is 4.79 Å². The van der Waals surface area contributed by atoms with Crippen LogP contribution in [0.2, 0.25) is 0 Å². The van der Waals surface area contributed by atoms with Gasteiger partial charge < -0.3 is 19.7 Å². The number of rotatable bonds is 9. The number of hydrogen-bond acceptors (Lipinski definition) is 7. The van der Waals surface area contributed by atoms with Crippen molar-refractivity contribution in [2.75, 3.05) is 43.6 Å². The summed E-state index contributed by atoms with van der Waals surface area (Å²) in [7, 11) is 1.63. The second-order valence-electron chi connectivity index (χ2n) is 7.80. The van der Waals surface area contributed by atoms with E-state index in [1.54, 1.807) is 13.2 Å². The normalized spacial score (nSPS) is 14.5. The van der Waals surface area contributed by atoms with E-state index in [1.165, 1.54) is 11.8 Å². The molecule has 34 heavy (non-hydrogen) atoms. The fourth-order valence-electron chi connectivity index (χ4n) is 3.73. The summed E-state index contributed by atoms with van der Waals surface area (Å²) in [5.41, 5.74) is 2.73. The van der Waals surface area contributed by atoms with Gasteiger partial charge in [0.15, 0.2) is 11.0 Å². The molecule has 1 N–H and O–H groups in total. The summed E-state index contributed by atoms with van der Waals surface area (Å²) in [6, 6.07) is 15.6. The van der Waals surface area contributed by atoms with Gasteiger partial charge in [0.1, 0.15) is 5.75 Å². The van der Waals surface area contributed by atoms with Gasteiger partial charge in [0.25, 0.3) is 0 Å². The van der Waals surface area contributed by atoms with E-state index in [2.05, 4.69) is 27.0 Å². The number of anilines is 2. The largest absolute Gasteiger partial charge is 0.496 e. The van der Waals surface area contributed by atoms with Crippen LogP contribution in [0.3, 0.4) is 0 Å². The van der Waals surface area contributed by atoms with E-state index in [0.29, 0.717) is 23.3 Å². The molecule has 2 heterocycles. The van der Waals surface area contributed by atoms with Gasteiger partial charge in [-0.05, 0) is 43.3 Å². The second kappa shape index (κ2) is 11.2. The molecular weight excluding hydrogens is 450 g/mol. The Balaban J connectivity index is 1.44. The van der Waals surface area contributed by atoms with Crippen molar-refractivity contribution in [3.05, 3.63) is 61.2 Å². The maximum atomic E-state index is 12.9. The molecular formula is C25H29N5O3S. The number of nitrogens with one attached hydrogen (secondary N) is 1. The number of morpholine rings is 1. The number of benzene rings is 2. The van der Waals surface area contributed by atoms with Crippen molar-refractivity contribution in [2.24, 2.45) is 0 Å². The number of carbonyl (C=O) groups excluding carboxylic acids is 1. The zero-order valence-corrected chi connectivity index (χ0v) is 20.3. The molecule has 1 fully saturated rings. The number of aromatic nitrogens is 3. The number of hydrogen-bond donors (Lipinski definition) is 1. The van der Waals surface area contributed by atoms with E-state index in [0.717, 1.165) is 43.2 Å². The number of ether oxygens (including phenoxy) is 2. The third kappa shape index (κ3) is 5.43. The van der Waals surface area contributed by atoms with Crippen molar-refractivity contribution >= 4 is 29.0 Å². The van der Waals surface area contributed by atoms with Crippen LogP contribution in [0, 0.1) is 0 Å². The van der Waals surface area contributed by atoms with Crippen LogP contribution >= 0.6 is 11.8 Å². The number of methoxy groups -OCH3 is 1. The van der Waals surface area contributed by atoms with E-state index in [1.807, 2.05) is 60.0 Å². The van der Waals surface area contributed by atoms with Crippen LogP contribution in [0.1, 0.15) is 6.92 Å². The molecule has 0 bridgehead atoms. The third-order valence-corrected chi connectivity index (χ3v) is 6.62. The average Bonchev–Trinajstić information content (AvgIpc) is 3.27.